The Morgan fingerprint density at radius 2 is 1.92 bits per heavy atom. The molecule has 0 saturated heterocycles. The molecule has 8 nitrogen and oxygen atoms in total. The Balaban J connectivity index is 2.15. The van der Waals surface area contributed by atoms with Gasteiger partial charge in [0.2, 0.25) is 0 Å². The molecule has 1 aromatic carbocycles. The molecule has 0 unspecified atom stereocenters. The fourth-order valence-electron chi connectivity index (χ4n) is 2.26. The average molecular weight is 331 g/mol. The van der Waals surface area contributed by atoms with Crippen molar-refractivity contribution in [1.29, 1.82) is 0 Å². The lowest BCUT2D eigenvalue weighted by molar-refractivity contribution is -0.163. The molecule has 0 aromatic heterocycles. The van der Waals surface area contributed by atoms with E-state index in [1.54, 1.807) is 36.4 Å². The normalized spacial score (nSPS) is 22.3. The van der Waals surface area contributed by atoms with Crippen LogP contribution in [0.2, 0.25) is 0 Å². The molecule has 0 fully saturated rings. The average Bonchev–Trinajstić information content (AvgIpc) is 2.54. The second-order valence-corrected chi connectivity index (χ2v) is 5.14. The zero-order valence-electron chi connectivity index (χ0n) is 13.3. The van der Waals surface area contributed by atoms with Gasteiger partial charge >= 0.3 is 11.9 Å². The van der Waals surface area contributed by atoms with Crippen molar-refractivity contribution in [2.45, 2.75) is 32.2 Å². The van der Waals surface area contributed by atoms with E-state index >= 15 is 0 Å². The summed E-state index contributed by atoms with van der Waals surface area (Å²) in [7, 11) is 0. The van der Waals surface area contributed by atoms with Crippen LogP contribution < -0.4 is 0 Å². The second-order valence-electron chi connectivity index (χ2n) is 5.14. The van der Waals surface area contributed by atoms with Crippen LogP contribution in [0.15, 0.2) is 41.5 Å². The van der Waals surface area contributed by atoms with E-state index in [1.807, 2.05) is 0 Å². The van der Waals surface area contributed by atoms with Crippen molar-refractivity contribution < 1.29 is 23.8 Å². The number of azide groups is 1. The summed E-state index contributed by atoms with van der Waals surface area (Å²) in [6, 6.07) is 6.89. The van der Waals surface area contributed by atoms with E-state index in [2.05, 4.69) is 10.0 Å². The molecule has 1 aromatic rings. The molecule has 0 saturated carbocycles. The van der Waals surface area contributed by atoms with Gasteiger partial charge in [-0.3, -0.25) is 9.59 Å². The standard InChI is InChI=1S/C16H17N3O5/c1-10(20)22-9-16-15(23-11(2)21)8-7-14(24-16)12-3-5-13(6-4-12)18-19-17/h3-8,14-16H,9H2,1-2H3/t14-,15-,16+/m0/s1. The van der Waals surface area contributed by atoms with Gasteiger partial charge in [-0.1, -0.05) is 35.5 Å². The van der Waals surface area contributed by atoms with E-state index < -0.39 is 30.3 Å². The summed E-state index contributed by atoms with van der Waals surface area (Å²) in [6.07, 6.45) is 1.86. The highest BCUT2D eigenvalue weighted by molar-refractivity contribution is 5.67. The minimum atomic E-state index is -0.624. The van der Waals surface area contributed by atoms with Gasteiger partial charge < -0.3 is 14.2 Å². The minimum absolute atomic E-state index is 0.0229. The summed E-state index contributed by atoms with van der Waals surface area (Å²) in [5.74, 6) is -0.886. The largest absolute Gasteiger partial charge is 0.463 e. The number of hydrogen-bond acceptors (Lipinski definition) is 6. The molecular formula is C16H17N3O5. The second kappa shape index (κ2) is 8.14. The molecule has 0 spiro atoms. The van der Waals surface area contributed by atoms with Crippen LogP contribution in [0.25, 0.3) is 10.4 Å². The number of nitrogens with zero attached hydrogens (tertiary/aromatic N) is 3. The monoisotopic (exact) mass is 331 g/mol. The summed E-state index contributed by atoms with van der Waals surface area (Å²) >= 11 is 0. The van der Waals surface area contributed by atoms with Gasteiger partial charge in [0, 0.05) is 24.4 Å². The van der Waals surface area contributed by atoms with E-state index in [1.165, 1.54) is 13.8 Å². The molecule has 0 amide bonds. The van der Waals surface area contributed by atoms with Gasteiger partial charge in [-0.15, -0.1) is 0 Å². The van der Waals surface area contributed by atoms with Crippen LogP contribution in [0.1, 0.15) is 25.5 Å². The van der Waals surface area contributed by atoms with Gasteiger partial charge in [0.25, 0.3) is 0 Å². The lowest BCUT2D eigenvalue weighted by atomic mass is 10.0. The summed E-state index contributed by atoms with van der Waals surface area (Å²) in [5.41, 5.74) is 9.74. The van der Waals surface area contributed by atoms with Crippen molar-refractivity contribution in [2.75, 3.05) is 6.61 Å². The summed E-state index contributed by atoms with van der Waals surface area (Å²) in [4.78, 5) is 24.9. The van der Waals surface area contributed by atoms with E-state index in [-0.39, 0.29) is 6.61 Å². The smallest absolute Gasteiger partial charge is 0.303 e. The van der Waals surface area contributed by atoms with Crippen LogP contribution in [-0.4, -0.2) is 30.8 Å². The number of carbonyl (C=O) groups is 2. The lowest BCUT2D eigenvalue weighted by Crippen LogP contribution is -2.39. The van der Waals surface area contributed by atoms with E-state index in [9.17, 15) is 9.59 Å². The van der Waals surface area contributed by atoms with Crippen molar-refractivity contribution in [3.63, 3.8) is 0 Å². The molecule has 8 heteroatoms. The highest BCUT2D eigenvalue weighted by atomic mass is 16.6. The SMILES string of the molecule is CC(=O)OC[C@H]1O[C@H](c2ccc(N=[N+]=[N-])cc2)C=C[C@@H]1OC(C)=O. The molecule has 24 heavy (non-hydrogen) atoms. The van der Waals surface area contributed by atoms with Gasteiger partial charge in [0.15, 0.2) is 0 Å². The van der Waals surface area contributed by atoms with Crippen LogP contribution in [-0.2, 0) is 23.8 Å². The van der Waals surface area contributed by atoms with Crippen molar-refractivity contribution in [3.05, 3.63) is 52.4 Å². The topological polar surface area (TPSA) is 111 Å². The molecule has 0 radical (unpaired) electrons. The van der Waals surface area contributed by atoms with Gasteiger partial charge in [0.1, 0.15) is 24.9 Å². The molecule has 2 rings (SSSR count). The lowest BCUT2D eigenvalue weighted by Gasteiger charge is -2.31. The van der Waals surface area contributed by atoms with E-state index in [4.69, 9.17) is 19.7 Å². The Kier molecular flexibility index (Phi) is 5.95. The van der Waals surface area contributed by atoms with Crippen molar-refractivity contribution in [1.82, 2.24) is 0 Å². The first kappa shape index (κ1) is 17.5. The zero-order valence-corrected chi connectivity index (χ0v) is 13.3. The van der Waals surface area contributed by atoms with Gasteiger partial charge in [-0.25, -0.2) is 0 Å². The van der Waals surface area contributed by atoms with Crippen LogP contribution in [0.5, 0.6) is 0 Å². The fourth-order valence-corrected chi connectivity index (χ4v) is 2.26. The molecular weight excluding hydrogens is 314 g/mol. The number of esters is 2. The quantitative estimate of drug-likeness (QED) is 0.270. The molecule has 0 bridgehead atoms. The first-order valence-corrected chi connectivity index (χ1v) is 7.29. The van der Waals surface area contributed by atoms with Crippen LogP contribution in [0.4, 0.5) is 5.69 Å². The third kappa shape index (κ3) is 4.84. The highest BCUT2D eigenvalue weighted by Crippen LogP contribution is 2.29. The van der Waals surface area contributed by atoms with Crippen LogP contribution in [0, 0.1) is 0 Å². The summed E-state index contributed by atoms with van der Waals surface area (Å²) < 4.78 is 16.0. The van der Waals surface area contributed by atoms with Gasteiger partial charge in [-0.2, -0.15) is 0 Å². The first-order valence-electron chi connectivity index (χ1n) is 7.29. The third-order valence-electron chi connectivity index (χ3n) is 3.30. The molecule has 1 heterocycles. The maximum Gasteiger partial charge on any atom is 0.303 e. The Morgan fingerprint density at radius 1 is 1.21 bits per heavy atom. The predicted octanol–water partition coefficient (Wildman–Crippen LogP) is 3.12. The number of benzene rings is 1. The predicted molar refractivity (Wildman–Crippen MR) is 84.2 cm³/mol. The third-order valence-corrected chi connectivity index (χ3v) is 3.30. The number of rotatable bonds is 5. The Labute approximate surface area is 138 Å². The van der Waals surface area contributed by atoms with Crippen molar-refractivity contribution in [3.8, 4) is 0 Å². The fraction of sp³-hybridized carbons (Fsp3) is 0.375. The minimum Gasteiger partial charge on any atom is -0.463 e. The zero-order chi connectivity index (χ0) is 17.5. The van der Waals surface area contributed by atoms with E-state index in [0.29, 0.717) is 5.69 Å². The Morgan fingerprint density at radius 3 is 2.50 bits per heavy atom. The number of carbonyl (C=O) groups excluding carboxylic acids is 2. The van der Waals surface area contributed by atoms with E-state index in [0.717, 1.165) is 5.56 Å². The van der Waals surface area contributed by atoms with Gasteiger partial charge in [0.05, 0.1) is 0 Å². The highest BCUT2D eigenvalue weighted by Gasteiger charge is 2.31. The summed E-state index contributed by atoms with van der Waals surface area (Å²) in [5, 5.41) is 3.51. The van der Waals surface area contributed by atoms with Crippen LogP contribution in [0.3, 0.4) is 0 Å². The molecule has 1 aliphatic heterocycles. The Bertz CT molecular complexity index is 679. The Hall–Kier alpha value is -2.83. The molecule has 0 aliphatic carbocycles. The van der Waals surface area contributed by atoms with Crippen molar-refractivity contribution >= 4 is 17.6 Å². The maximum absolute atomic E-state index is 11.2. The molecule has 0 N–H and O–H groups in total. The number of ether oxygens (including phenoxy) is 3. The van der Waals surface area contributed by atoms with Crippen LogP contribution >= 0.6 is 0 Å². The van der Waals surface area contributed by atoms with Gasteiger partial charge in [-0.05, 0) is 17.2 Å². The molecule has 126 valence electrons. The molecule has 1 aliphatic rings. The van der Waals surface area contributed by atoms with Crippen molar-refractivity contribution in [2.24, 2.45) is 5.11 Å². The maximum atomic E-state index is 11.2. The molecule has 3 atom stereocenters. The number of hydrogen-bond donors (Lipinski definition) is 0. The first-order chi connectivity index (χ1) is 11.5. The summed E-state index contributed by atoms with van der Waals surface area (Å²) in [6.45, 7) is 2.58.